The van der Waals surface area contributed by atoms with Gasteiger partial charge in [-0.3, -0.25) is 9.69 Å². The molecule has 1 aliphatic heterocycles. The molecule has 7 heteroatoms. The van der Waals surface area contributed by atoms with Crippen LogP contribution in [-0.2, 0) is 20.8 Å². The fourth-order valence-corrected chi connectivity index (χ4v) is 2.57. The number of furan rings is 1. The predicted octanol–water partition coefficient (Wildman–Crippen LogP) is 0.483. The highest BCUT2D eigenvalue weighted by atomic mass is 16.5. The van der Waals surface area contributed by atoms with Gasteiger partial charge < -0.3 is 19.0 Å². The lowest BCUT2D eigenvalue weighted by Gasteiger charge is -2.20. The molecule has 21 heavy (non-hydrogen) atoms. The summed E-state index contributed by atoms with van der Waals surface area (Å²) in [7, 11) is 2.62. The number of methoxy groups -OCH3 is 2. The lowest BCUT2D eigenvalue weighted by Crippen LogP contribution is -2.36. The number of ether oxygens (including phenoxy) is 2. The summed E-state index contributed by atoms with van der Waals surface area (Å²) in [4.78, 5) is 25.0. The van der Waals surface area contributed by atoms with Crippen LogP contribution in [0.4, 0.5) is 0 Å². The van der Waals surface area contributed by atoms with Gasteiger partial charge in [-0.05, 0) is 13.0 Å². The lowest BCUT2D eigenvalue weighted by molar-refractivity contribution is -0.146. The summed E-state index contributed by atoms with van der Waals surface area (Å²) in [6.07, 6.45) is -0.249. The summed E-state index contributed by atoms with van der Waals surface area (Å²) in [6, 6.07) is 1.09. The number of carbonyl (C=O) groups excluding carboxylic acids is 2. The van der Waals surface area contributed by atoms with Crippen LogP contribution in [0.2, 0.25) is 0 Å². The summed E-state index contributed by atoms with van der Waals surface area (Å²) in [5, 5.41) is 9.72. The van der Waals surface area contributed by atoms with Crippen molar-refractivity contribution in [1.29, 1.82) is 0 Å². The Bertz CT molecular complexity index is 538. The summed E-state index contributed by atoms with van der Waals surface area (Å²) >= 11 is 0. The van der Waals surface area contributed by atoms with Gasteiger partial charge in [0.1, 0.15) is 23.1 Å². The fraction of sp³-hybridized carbons (Fsp3) is 0.571. The van der Waals surface area contributed by atoms with Crippen LogP contribution in [0.3, 0.4) is 0 Å². The zero-order valence-electron chi connectivity index (χ0n) is 12.3. The number of carbonyl (C=O) groups is 2. The van der Waals surface area contributed by atoms with Crippen LogP contribution in [0.5, 0.6) is 0 Å². The lowest BCUT2D eigenvalue weighted by atomic mass is 10.2. The van der Waals surface area contributed by atoms with Crippen LogP contribution in [0.1, 0.15) is 28.3 Å². The topological polar surface area (TPSA) is 89.2 Å². The number of nitrogens with zero attached hydrogens (tertiary/aromatic N) is 1. The molecule has 1 fully saturated rings. The average molecular weight is 297 g/mol. The number of aliphatic hydroxyl groups excluding tert-OH is 1. The molecule has 2 unspecified atom stereocenters. The first-order valence-corrected chi connectivity index (χ1v) is 6.63. The second-order valence-electron chi connectivity index (χ2n) is 5.03. The summed E-state index contributed by atoms with van der Waals surface area (Å²) in [5.41, 5.74) is 0.363. The van der Waals surface area contributed by atoms with Gasteiger partial charge in [-0.2, -0.15) is 0 Å². The van der Waals surface area contributed by atoms with E-state index in [0.29, 0.717) is 36.6 Å². The quantitative estimate of drug-likeness (QED) is 0.809. The minimum atomic E-state index is -0.578. The first-order valence-electron chi connectivity index (χ1n) is 6.63. The first-order chi connectivity index (χ1) is 9.96. The number of hydrogen-bond donors (Lipinski definition) is 1. The molecule has 0 aliphatic carbocycles. The molecule has 1 aromatic rings. The maximum absolute atomic E-state index is 11.7. The second-order valence-corrected chi connectivity index (χ2v) is 5.03. The van der Waals surface area contributed by atoms with Crippen molar-refractivity contribution in [2.45, 2.75) is 32.0 Å². The molecule has 116 valence electrons. The van der Waals surface area contributed by atoms with Crippen molar-refractivity contribution in [3.63, 3.8) is 0 Å². The van der Waals surface area contributed by atoms with Gasteiger partial charge in [-0.25, -0.2) is 4.79 Å². The van der Waals surface area contributed by atoms with Crippen LogP contribution >= 0.6 is 0 Å². The Balaban J connectivity index is 2.13. The first kappa shape index (κ1) is 15.5. The van der Waals surface area contributed by atoms with E-state index in [9.17, 15) is 14.7 Å². The summed E-state index contributed by atoms with van der Waals surface area (Å²) in [5.74, 6) is 0.151. The van der Waals surface area contributed by atoms with Gasteiger partial charge in [0.2, 0.25) is 0 Å². The van der Waals surface area contributed by atoms with Crippen molar-refractivity contribution in [3.05, 3.63) is 23.2 Å². The Labute approximate surface area is 122 Å². The van der Waals surface area contributed by atoms with E-state index >= 15 is 0 Å². The van der Waals surface area contributed by atoms with Gasteiger partial charge >= 0.3 is 11.9 Å². The molecular formula is C14H19NO6. The third-order valence-corrected chi connectivity index (χ3v) is 3.59. The van der Waals surface area contributed by atoms with Crippen LogP contribution in [-0.4, -0.2) is 54.9 Å². The van der Waals surface area contributed by atoms with E-state index in [0.717, 1.165) is 0 Å². The van der Waals surface area contributed by atoms with Crippen molar-refractivity contribution in [1.82, 2.24) is 4.90 Å². The van der Waals surface area contributed by atoms with E-state index in [1.165, 1.54) is 14.2 Å². The number of rotatable bonds is 4. The van der Waals surface area contributed by atoms with Crippen molar-refractivity contribution in [3.8, 4) is 0 Å². The van der Waals surface area contributed by atoms with E-state index < -0.39 is 18.1 Å². The molecule has 0 amide bonds. The largest absolute Gasteiger partial charge is 0.468 e. The number of hydrogen-bond acceptors (Lipinski definition) is 7. The Morgan fingerprint density at radius 2 is 2.14 bits per heavy atom. The number of aryl methyl sites for hydroxylation is 1. The summed E-state index contributed by atoms with van der Waals surface area (Å²) in [6.45, 7) is 2.34. The molecule has 2 heterocycles. The second kappa shape index (κ2) is 6.28. The minimum Gasteiger partial charge on any atom is -0.468 e. The van der Waals surface area contributed by atoms with Crippen LogP contribution in [0, 0.1) is 6.92 Å². The van der Waals surface area contributed by atoms with Crippen LogP contribution in [0.15, 0.2) is 10.5 Å². The smallest absolute Gasteiger partial charge is 0.341 e. The van der Waals surface area contributed by atoms with Crippen LogP contribution < -0.4 is 0 Å². The predicted molar refractivity (Wildman–Crippen MR) is 71.6 cm³/mol. The molecule has 1 aliphatic rings. The van der Waals surface area contributed by atoms with Gasteiger partial charge in [0.05, 0.1) is 26.9 Å². The number of β-amino-alcohol motifs (C(OH)–C–C–N with tert-alkyl or cyclic N) is 1. The highest BCUT2D eigenvalue weighted by Crippen LogP contribution is 2.24. The molecule has 7 nitrogen and oxygen atoms in total. The number of likely N-dealkylation sites (tertiary alicyclic amines) is 1. The van der Waals surface area contributed by atoms with Crippen LogP contribution in [0.25, 0.3) is 0 Å². The van der Waals surface area contributed by atoms with E-state index in [1.807, 2.05) is 0 Å². The highest BCUT2D eigenvalue weighted by Gasteiger charge is 2.37. The Kier molecular flexibility index (Phi) is 4.64. The minimum absolute atomic E-state index is 0.314. The van der Waals surface area contributed by atoms with Gasteiger partial charge in [0.25, 0.3) is 0 Å². The van der Waals surface area contributed by atoms with E-state index in [2.05, 4.69) is 4.74 Å². The fourth-order valence-electron chi connectivity index (χ4n) is 2.57. The molecule has 1 saturated heterocycles. The van der Waals surface area contributed by atoms with Crippen molar-refractivity contribution < 1.29 is 28.6 Å². The molecule has 0 aromatic carbocycles. The monoisotopic (exact) mass is 297 g/mol. The van der Waals surface area contributed by atoms with E-state index in [1.54, 1.807) is 17.9 Å². The third-order valence-electron chi connectivity index (χ3n) is 3.59. The molecule has 2 atom stereocenters. The summed E-state index contributed by atoms with van der Waals surface area (Å²) < 4.78 is 14.9. The van der Waals surface area contributed by atoms with Crippen molar-refractivity contribution in [2.24, 2.45) is 0 Å². The number of aliphatic hydroxyl groups is 1. The van der Waals surface area contributed by atoms with Gasteiger partial charge in [-0.15, -0.1) is 0 Å². The van der Waals surface area contributed by atoms with E-state index in [-0.39, 0.29) is 5.97 Å². The Hall–Kier alpha value is -1.86. The van der Waals surface area contributed by atoms with E-state index in [4.69, 9.17) is 9.15 Å². The maximum atomic E-state index is 11.7. The van der Waals surface area contributed by atoms with Gasteiger partial charge in [0.15, 0.2) is 0 Å². The molecule has 0 radical (unpaired) electrons. The molecule has 0 saturated carbocycles. The number of esters is 2. The van der Waals surface area contributed by atoms with Crippen molar-refractivity contribution in [2.75, 3.05) is 20.8 Å². The normalized spacial score (nSPS) is 22.3. The molecule has 1 aromatic heterocycles. The Morgan fingerprint density at radius 3 is 2.76 bits per heavy atom. The molecule has 0 spiro atoms. The SMILES string of the molecule is COC(=O)c1cc(CN2CC(O)CC2C(=O)OC)oc1C. The molecule has 1 N–H and O–H groups in total. The highest BCUT2D eigenvalue weighted by molar-refractivity contribution is 5.90. The van der Waals surface area contributed by atoms with Gasteiger partial charge in [0, 0.05) is 13.0 Å². The van der Waals surface area contributed by atoms with Crippen molar-refractivity contribution >= 4 is 11.9 Å². The molecule has 2 rings (SSSR count). The standard InChI is InChI=1S/C14H19NO6/c1-8-11(13(17)19-2)5-10(21-8)7-15-6-9(16)4-12(15)14(18)20-3/h5,9,12,16H,4,6-7H2,1-3H3. The maximum Gasteiger partial charge on any atom is 0.341 e. The zero-order valence-corrected chi connectivity index (χ0v) is 12.3. The molecule has 0 bridgehead atoms. The average Bonchev–Trinajstić information content (AvgIpc) is 3.00. The molecular weight excluding hydrogens is 278 g/mol. The Morgan fingerprint density at radius 1 is 1.43 bits per heavy atom. The van der Waals surface area contributed by atoms with Gasteiger partial charge in [-0.1, -0.05) is 0 Å². The zero-order chi connectivity index (χ0) is 15.6. The third kappa shape index (κ3) is 3.25.